The Morgan fingerprint density at radius 2 is 2.20 bits per heavy atom. The molecule has 1 aromatic rings. The number of nitrogens with zero attached hydrogens (tertiary/aromatic N) is 2. The van der Waals surface area contributed by atoms with Crippen LogP contribution in [0.5, 0.6) is 0 Å². The first-order valence-electron chi connectivity index (χ1n) is 6.34. The van der Waals surface area contributed by atoms with Crippen LogP contribution in [-0.4, -0.2) is 29.7 Å². The first-order valence-corrected chi connectivity index (χ1v) is 6.34. The van der Waals surface area contributed by atoms with E-state index in [0.29, 0.717) is 18.7 Å². The molecule has 7 heteroatoms. The van der Waals surface area contributed by atoms with Crippen molar-refractivity contribution >= 4 is 23.6 Å². The van der Waals surface area contributed by atoms with Gasteiger partial charge in [0, 0.05) is 18.2 Å². The molecule has 1 saturated heterocycles. The van der Waals surface area contributed by atoms with E-state index in [9.17, 15) is 19.7 Å². The van der Waals surface area contributed by atoms with Gasteiger partial charge in [0.05, 0.1) is 11.0 Å². The zero-order valence-corrected chi connectivity index (χ0v) is 10.8. The van der Waals surface area contributed by atoms with Crippen molar-refractivity contribution in [3.8, 4) is 0 Å². The van der Waals surface area contributed by atoms with Gasteiger partial charge in [-0.2, -0.15) is 0 Å². The maximum absolute atomic E-state index is 11.2. The van der Waals surface area contributed by atoms with Gasteiger partial charge in [-0.25, -0.2) is 0 Å². The molecule has 1 atom stereocenters. The van der Waals surface area contributed by atoms with E-state index in [1.54, 1.807) is 4.90 Å². The molecule has 1 aliphatic rings. The molecule has 7 nitrogen and oxygen atoms in total. The van der Waals surface area contributed by atoms with Crippen molar-refractivity contribution in [3.63, 3.8) is 0 Å². The van der Waals surface area contributed by atoms with Gasteiger partial charge in [-0.1, -0.05) is 0 Å². The predicted molar refractivity (Wildman–Crippen MR) is 72.7 cm³/mol. The Balaban J connectivity index is 2.46. The fourth-order valence-electron chi connectivity index (χ4n) is 2.46. The second-order valence-corrected chi connectivity index (χ2v) is 4.72. The molecule has 0 bridgehead atoms. The smallest absolute Gasteiger partial charge is 0.293 e. The summed E-state index contributed by atoms with van der Waals surface area (Å²) in [6, 6.07) is 3.73. The molecule has 2 rings (SSSR count). The molecule has 1 fully saturated rings. The minimum Gasteiger partial charge on any atom is -0.366 e. The van der Waals surface area contributed by atoms with Crippen LogP contribution in [0.25, 0.3) is 0 Å². The van der Waals surface area contributed by atoms with Crippen molar-refractivity contribution in [3.05, 3.63) is 33.9 Å². The Hall–Kier alpha value is -2.44. The minimum atomic E-state index is -0.717. The van der Waals surface area contributed by atoms with Crippen LogP contribution >= 0.6 is 0 Å². The molecule has 20 heavy (non-hydrogen) atoms. The highest BCUT2D eigenvalue weighted by atomic mass is 16.6. The number of aldehydes is 1. The summed E-state index contributed by atoms with van der Waals surface area (Å²) in [5.74, 6) is -0.717. The lowest BCUT2D eigenvalue weighted by Gasteiger charge is -2.33. The number of primary amides is 1. The van der Waals surface area contributed by atoms with Crippen molar-refractivity contribution in [2.45, 2.75) is 25.3 Å². The number of nitro groups is 1. The number of anilines is 1. The fourth-order valence-corrected chi connectivity index (χ4v) is 2.46. The number of hydrogen-bond acceptors (Lipinski definition) is 5. The van der Waals surface area contributed by atoms with E-state index >= 15 is 0 Å². The number of carbonyl (C=O) groups is 2. The van der Waals surface area contributed by atoms with E-state index in [1.165, 1.54) is 12.1 Å². The molecule has 1 amide bonds. The highest BCUT2D eigenvalue weighted by molar-refractivity contribution is 5.94. The van der Waals surface area contributed by atoms with Crippen LogP contribution in [0.3, 0.4) is 0 Å². The van der Waals surface area contributed by atoms with Gasteiger partial charge in [0.25, 0.3) is 5.69 Å². The number of nitro benzene ring substituents is 1. The maximum atomic E-state index is 11.2. The summed E-state index contributed by atoms with van der Waals surface area (Å²) in [5, 5.41) is 11.2. The van der Waals surface area contributed by atoms with Gasteiger partial charge in [0.2, 0.25) is 5.91 Å². The molecule has 1 aromatic carbocycles. The molecular weight excluding hydrogens is 262 g/mol. The molecule has 0 aromatic heterocycles. The van der Waals surface area contributed by atoms with Crippen molar-refractivity contribution in [2.24, 2.45) is 5.73 Å². The third kappa shape index (κ3) is 2.61. The summed E-state index contributed by atoms with van der Waals surface area (Å²) in [5.41, 5.74) is 5.38. The number of nitrogens with two attached hydrogens (primary N) is 1. The molecule has 0 spiro atoms. The lowest BCUT2D eigenvalue weighted by molar-refractivity contribution is -0.384. The summed E-state index contributed by atoms with van der Waals surface area (Å²) in [7, 11) is 0. The molecule has 0 radical (unpaired) electrons. The lowest BCUT2D eigenvalue weighted by Crippen LogP contribution is -2.41. The normalized spacial score (nSPS) is 18.6. The van der Waals surface area contributed by atoms with E-state index in [4.69, 9.17) is 5.73 Å². The van der Waals surface area contributed by atoms with Gasteiger partial charge >= 0.3 is 0 Å². The van der Waals surface area contributed by atoms with Crippen LogP contribution in [0.4, 0.5) is 11.4 Å². The van der Waals surface area contributed by atoms with Gasteiger partial charge in [-0.05, 0) is 31.4 Å². The molecule has 1 aliphatic heterocycles. The molecule has 2 N–H and O–H groups in total. The summed E-state index contributed by atoms with van der Waals surface area (Å²) in [6.07, 6.45) is 3.29. The molecular formula is C13H15N3O4. The highest BCUT2D eigenvalue weighted by Gasteiger charge is 2.28. The highest BCUT2D eigenvalue weighted by Crippen LogP contribution is 2.33. The average Bonchev–Trinajstić information content (AvgIpc) is 2.46. The first kappa shape index (κ1) is 14.0. The predicted octanol–water partition coefficient (Wildman–Crippen LogP) is 1.25. The zero-order valence-electron chi connectivity index (χ0n) is 10.8. The van der Waals surface area contributed by atoms with Gasteiger partial charge in [0.15, 0.2) is 0 Å². The third-order valence-electron chi connectivity index (χ3n) is 3.47. The van der Waals surface area contributed by atoms with Gasteiger partial charge in [-0.3, -0.25) is 14.9 Å². The molecule has 106 valence electrons. The standard InChI is InChI=1S/C13H15N3O4/c14-13(18)9-4-5-11(12(7-9)16(19)20)15-6-2-1-3-10(15)8-17/h4-5,7-8,10H,1-3,6H2,(H2,14,18). The summed E-state index contributed by atoms with van der Waals surface area (Å²) in [6.45, 7) is 0.583. The van der Waals surface area contributed by atoms with Crippen LogP contribution in [0.1, 0.15) is 29.6 Å². The van der Waals surface area contributed by atoms with E-state index in [0.717, 1.165) is 25.2 Å². The van der Waals surface area contributed by atoms with Crippen molar-refractivity contribution in [2.75, 3.05) is 11.4 Å². The molecule has 0 saturated carbocycles. The summed E-state index contributed by atoms with van der Waals surface area (Å²) >= 11 is 0. The van der Waals surface area contributed by atoms with E-state index in [1.807, 2.05) is 0 Å². The second-order valence-electron chi connectivity index (χ2n) is 4.72. The number of piperidine rings is 1. The Bertz CT molecular complexity index is 559. The van der Waals surface area contributed by atoms with Crippen molar-refractivity contribution < 1.29 is 14.5 Å². The quantitative estimate of drug-likeness (QED) is 0.506. The Labute approximate surface area is 115 Å². The fraction of sp³-hybridized carbons (Fsp3) is 0.385. The monoisotopic (exact) mass is 277 g/mol. The molecule has 1 heterocycles. The number of rotatable bonds is 4. The Morgan fingerprint density at radius 1 is 1.45 bits per heavy atom. The van der Waals surface area contributed by atoms with Crippen molar-refractivity contribution in [1.82, 2.24) is 0 Å². The lowest BCUT2D eigenvalue weighted by atomic mass is 10.0. The number of carbonyl (C=O) groups excluding carboxylic acids is 2. The zero-order chi connectivity index (χ0) is 14.7. The van der Waals surface area contributed by atoms with Crippen LogP contribution in [0, 0.1) is 10.1 Å². The van der Waals surface area contributed by atoms with Crippen LogP contribution in [-0.2, 0) is 4.79 Å². The first-order chi connectivity index (χ1) is 9.54. The summed E-state index contributed by atoms with van der Waals surface area (Å²) < 4.78 is 0. The van der Waals surface area contributed by atoms with Crippen LogP contribution < -0.4 is 10.6 Å². The molecule has 1 unspecified atom stereocenters. The van der Waals surface area contributed by atoms with E-state index < -0.39 is 10.8 Å². The van der Waals surface area contributed by atoms with Crippen molar-refractivity contribution in [1.29, 1.82) is 0 Å². The number of hydrogen-bond donors (Lipinski definition) is 1. The van der Waals surface area contributed by atoms with Gasteiger partial charge in [0.1, 0.15) is 12.0 Å². The third-order valence-corrected chi connectivity index (χ3v) is 3.47. The Kier molecular flexibility index (Phi) is 3.97. The largest absolute Gasteiger partial charge is 0.366 e. The number of amides is 1. The topological polar surface area (TPSA) is 107 Å². The second kappa shape index (κ2) is 5.68. The average molecular weight is 277 g/mol. The minimum absolute atomic E-state index is 0.0834. The van der Waals surface area contributed by atoms with Gasteiger partial charge < -0.3 is 15.4 Å². The van der Waals surface area contributed by atoms with E-state index in [-0.39, 0.29) is 17.3 Å². The molecule has 0 aliphatic carbocycles. The number of benzene rings is 1. The maximum Gasteiger partial charge on any atom is 0.293 e. The van der Waals surface area contributed by atoms with Gasteiger partial charge in [-0.15, -0.1) is 0 Å². The van der Waals surface area contributed by atoms with Crippen LogP contribution in [0.2, 0.25) is 0 Å². The van der Waals surface area contributed by atoms with E-state index in [2.05, 4.69) is 0 Å². The Morgan fingerprint density at radius 3 is 2.80 bits per heavy atom. The summed E-state index contributed by atoms with van der Waals surface area (Å²) in [4.78, 5) is 34.6. The van der Waals surface area contributed by atoms with Crippen LogP contribution in [0.15, 0.2) is 18.2 Å². The SMILES string of the molecule is NC(=O)c1ccc(N2CCCCC2C=O)c([N+](=O)[O-])c1.